The van der Waals surface area contributed by atoms with E-state index in [9.17, 15) is 0 Å². The summed E-state index contributed by atoms with van der Waals surface area (Å²) < 4.78 is 6.48. The van der Waals surface area contributed by atoms with E-state index in [2.05, 4.69) is 69.4 Å². The maximum atomic E-state index is 6.48. The van der Waals surface area contributed by atoms with Gasteiger partial charge in [0.05, 0.1) is 6.61 Å². The lowest BCUT2D eigenvalue weighted by Crippen LogP contribution is -2.50. The van der Waals surface area contributed by atoms with Crippen LogP contribution in [0.2, 0.25) is 18.1 Å². The first-order valence-corrected chi connectivity index (χ1v) is 14.6. The first kappa shape index (κ1) is 20.4. The number of ether oxygens (including phenoxy) is 1. The van der Waals surface area contributed by atoms with Crippen molar-refractivity contribution in [3.63, 3.8) is 0 Å². The molecule has 1 aromatic rings. The molecule has 1 unspecified atom stereocenters. The van der Waals surface area contributed by atoms with Crippen LogP contribution in [-0.2, 0) is 4.74 Å². The molecule has 0 amide bonds. The maximum absolute atomic E-state index is 6.48. The second-order valence-corrected chi connectivity index (χ2v) is 15.2. The Morgan fingerprint density at radius 2 is 1.61 bits per heavy atom. The van der Waals surface area contributed by atoms with E-state index < -0.39 is 8.80 Å². The zero-order valence-electron chi connectivity index (χ0n) is 18.5. The molecule has 0 aromatic heterocycles. The standard InChI is InChI=1S/C26H40OSi/c1-25(2,28(3)4)19-27-18-24(11-10-20-8-6-5-7-9-20)26-15-21-12-22(16-26)14-23(13-21)17-26/h5-11,21-24,28H,12-19H2,1-4H3/b11-10+. The topological polar surface area (TPSA) is 9.23 Å². The van der Waals surface area contributed by atoms with Crippen LogP contribution in [0.1, 0.15) is 57.9 Å². The van der Waals surface area contributed by atoms with Gasteiger partial charge in [-0.3, -0.25) is 0 Å². The van der Waals surface area contributed by atoms with E-state index in [4.69, 9.17) is 4.74 Å². The van der Waals surface area contributed by atoms with Gasteiger partial charge in [-0.2, -0.15) is 0 Å². The van der Waals surface area contributed by atoms with E-state index in [1.165, 1.54) is 44.1 Å². The summed E-state index contributed by atoms with van der Waals surface area (Å²) in [6.45, 7) is 11.6. The van der Waals surface area contributed by atoms with Crippen LogP contribution in [0.4, 0.5) is 0 Å². The molecule has 28 heavy (non-hydrogen) atoms. The lowest BCUT2D eigenvalue weighted by Gasteiger charge is -2.59. The van der Waals surface area contributed by atoms with Crippen LogP contribution < -0.4 is 0 Å². The predicted molar refractivity (Wildman–Crippen MR) is 123 cm³/mol. The van der Waals surface area contributed by atoms with E-state index in [0.717, 1.165) is 31.0 Å². The monoisotopic (exact) mass is 396 g/mol. The Kier molecular flexibility index (Phi) is 5.91. The highest BCUT2D eigenvalue weighted by Crippen LogP contribution is 2.63. The molecule has 1 nitrogen and oxygen atoms in total. The van der Waals surface area contributed by atoms with Gasteiger partial charge in [-0.25, -0.2) is 0 Å². The molecule has 1 atom stereocenters. The Hall–Kier alpha value is -0.863. The summed E-state index contributed by atoms with van der Waals surface area (Å²) in [6.07, 6.45) is 13.8. The molecule has 0 spiro atoms. The molecule has 4 bridgehead atoms. The van der Waals surface area contributed by atoms with Crippen molar-refractivity contribution in [3.8, 4) is 0 Å². The van der Waals surface area contributed by atoms with Gasteiger partial charge in [0.25, 0.3) is 0 Å². The first-order chi connectivity index (χ1) is 13.4. The molecule has 4 aliphatic carbocycles. The zero-order valence-corrected chi connectivity index (χ0v) is 19.6. The number of benzene rings is 1. The molecule has 2 heteroatoms. The Morgan fingerprint density at radius 1 is 1.04 bits per heavy atom. The molecule has 0 aliphatic heterocycles. The molecule has 4 fully saturated rings. The van der Waals surface area contributed by atoms with Crippen molar-refractivity contribution in [3.05, 3.63) is 42.0 Å². The minimum atomic E-state index is -0.712. The molecule has 4 saturated carbocycles. The predicted octanol–water partition coefficient (Wildman–Crippen LogP) is 6.82. The van der Waals surface area contributed by atoms with Gasteiger partial charge in [0.2, 0.25) is 0 Å². The third-order valence-corrected chi connectivity index (χ3v) is 11.8. The van der Waals surface area contributed by atoms with Crippen molar-refractivity contribution in [1.82, 2.24) is 0 Å². The lowest BCUT2D eigenvalue weighted by atomic mass is 9.46. The molecule has 0 saturated heterocycles. The maximum Gasteiger partial charge on any atom is 0.0534 e. The normalized spacial score (nSPS) is 33.1. The fourth-order valence-electron chi connectivity index (χ4n) is 6.48. The van der Waals surface area contributed by atoms with Crippen LogP contribution in [0.25, 0.3) is 6.08 Å². The largest absolute Gasteiger partial charge is 0.381 e. The van der Waals surface area contributed by atoms with Crippen molar-refractivity contribution >= 4 is 14.9 Å². The van der Waals surface area contributed by atoms with Crippen LogP contribution in [0, 0.1) is 29.1 Å². The first-order valence-electron chi connectivity index (χ1n) is 11.7. The Labute approximate surface area is 174 Å². The van der Waals surface area contributed by atoms with E-state index in [0.29, 0.717) is 16.4 Å². The Bertz CT molecular complexity index is 640. The van der Waals surface area contributed by atoms with Gasteiger partial charge in [-0.05, 0) is 72.3 Å². The number of hydrogen-bond acceptors (Lipinski definition) is 1. The molecule has 0 heterocycles. The van der Waals surface area contributed by atoms with Crippen LogP contribution in [-0.4, -0.2) is 22.0 Å². The lowest BCUT2D eigenvalue weighted by molar-refractivity contribution is -0.0929. The summed E-state index contributed by atoms with van der Waals surface area (Å²) >= 11 is 0. The van der Waals surface area contributed by atoms with Gasteiger partial charge >= 0.3 is 0 Å². The van der Waals surface area contributed by atoms with Crippen LogP contribution in [0.5, 0.6) is 0 Å². The smallest absolute Gasteiger partial charge is 0.0534 e. The SMILES string of the molecule is C[SiH](C)C(C)(C)COCC(/C=C/c1ccccc1)C12CC3CC(CC(C3)C1)C2. The van der Waals surface area contributed by atoms with Crippen molar-refractivity contribution < 1.29 is 4.74 Å². The van der Waals surface area contributed by atoms with E-state index in [1.54, 1.807) is 0 Å². The number of hydrogen-bond donors (Lipinski definition) is 0. The highest BCUT2D eigenvalue weighted by Gasteiger charge is 2.53. The fourth-order valence-corrected chi connectivity index (χ4v) is 6.93. The second-order valence-electron chi connectivity index (χ2n) is 11.3. The fraction of sp³-hybridized carbons (Fsp3) is 0.692. The van der Waals surface area contributed by atoms with Gasteiger partial charge in [-0.1, -0.05) is 69.4 Å². The molecule has 4 aliphatic rings. The summed E-state index contributed by atoms with van der Waals surface area (Å²) in [5.41, 5.74) is 1.84. The van der Waals surface area contributed by atoms with Gasteiger partial charge < -0.3 is 4.74 Å². The summed E-state index contributed by atoms with van der Waals surface area (Å²) in [4.78, 5) is 0. The van der Waals surface area contributed by atoms with Crippen LogP contribution in [0.15, 0.2) is 36.4 Å². The van der Waals surface area contributed by atoms with Crippen molar-refractivity contribution in [2.75, 3.05) is 13.2 Å². The zero-order chi connectivity index (χ0) is 19.8. The Morgan fingerprint density at radius 3 is 2.14 bits per heavy atom. The molecule has 154 valence electrons. The summed E-state index contributed by atoms with van der Waals surface area (Å²) in [7, 11) is -0.712. The van der Waals surface area contributed by atoms with Gasteiger partial charge in [0.15, 0.2) is 0 Å². The van der Waals surface area contributed by atoms with Crippen molar-refractivity contribution in [1.29, 1.82) is 0 Å². The third kappa shape index (κ3) is 4.33. The summed E-state index contributed by atoms with van der Waals surface area (Å²) in [6, 6.07) is 10.8. The molecule has 0 N–H and O–H groups in total. The van der Waals surface area contributed by atoms with Gasteiger partial charge in [0, 0.05) is 21.3 Å². The summed E-state index contributed by atoms with van der Waals surface area (Å²) in [5, 5.41) is 0.384. The van der Waals surface area contributed by atoms with Crippen molar-refractivity contribution in [2.45, 2.75) is 70.5 Å². The van der Waals surface area contributed by atoms with E-state index >= 15 is 0 Å². The van der Waals surface area contributed by atoms with Gasteiger partial charge in [-0.15, -0.1) is 0 Å². The molecule has 0 radical (unpaired) electrons. The molecular formula is C26H40OSi. The average molecular weight is 397 g/mol. The minimum Gasteiger partial charge on any atom is -0.381 e. The van der Waals surface area contributed by atoms with Gasteiger partial charge in [0.1, 0.15) is 0 Å². The average Bonchev–Trinajstić information content (AvgIpc) is 2.64. The summed E-state index contributed by atoms with van der Waals surface area (Å²) in [5.74, 6) is 3.57. The second kappa shape index (κ2) is 8.11. The van der Waals surface area contributed by atoms with Crippen LogP contribution in [0.3, 0.4) is 0 Å². The molecule has 5 rings (SSSR count). The van der Waals surface area contributed by atoms with E-state index in [1.807, 2.05) is 0 Å². The quantitative estimate of drug-likeness (QED) is 0.438. The van der Waals surface area contributed by atoms with Crippen LogP contribution >= 0.6 is 0 Å². The Balaban J connectivity index is 1.51. The third-order valence-electron chi connectivity index (χ3n) is 8.53. The van der Waals surface area contributed by atoms with E-state index in [-0.39, 0.29) is 0 Å². The molecule has 1 aromatic carbocycles. The van der Waals surface area contributed by atoms with Crippen molar-refractivity contribution in [2.24, 2.45) is 29.1 Å². The molecular weight excluding hydrogens is 356 g/mol. The number of rotatable bonds is 8. The highest BCUT2D eigenvalue weighted by atomic mass is 28.3. The highest BCUT2D eigenvalue weighted by molar-refractivity contribution is 6.59. The minimum absolute atomic E-state index is 0.384.